The largest absolute Gasteiger partial charge is 0.385 e. The molecule has 17 heavy (non-hydrogen) atoms. The van der Waals surface area contributed by atoms with Crippen LogP contribution in [0, 0.1) is 23.2 Å². The Hall–Kier alpha value is -1.49. The molecule has 2 rings (SSSR count). The van der Waals surface area contributed by atoms with Crippen LogP contribution in [0.2, 0.25) is 0 Å². The van der Waals surface area contributed by atoms with Crippen molar-refractivity contribution in [2.75, 3.05) is 11.9 Å². The van der Waals surface area contributed by atoms with Crippen LogP contribution >= 0.6 is 0 Å². The summed E-state index contributed by atoms with van der Waals surface area (Å²) in [5, 5.41) is 12.2. The lowest BCUT2D eigenvalue weighted by Crippen LogP contribution is -2.04. The van der Waals surface area contributed by atoms with E-state index in [1.54, 1.807) is 0 Å². The van der Waals surface area contributed by atoms with Crippen molar-refractivity contribution in [1.29, 1.82) is 5.26 Å². The molecule has 1 aromatic rings. The summed E-state index contributed by atoms with van der Waals surface area (Å²) in [7, 11) is 0. The minimum Gasteiger partial charge on any atom is -0.385 e. The Labute approximate surface area is 104 Å². The first-order valence-electron chi connectivity index (χ1n) is 6.57. The Balaban J connectivity index is 1.70. The molecular weight excluding hydrogens is 208 g/mol. The normalized spacial score (nSPS) is 21.9. The number of anilines is 1. The Bertz CT molecular complexity index is 388. The first-order valence-corrected chi connectivity index (χ1v) is 6.57. The number of benzene rings is 1. The average molecular weight is 228 g/mol. The summed E-state index contributed by atoms with van der Waals surface area (Å²) in [4.78, 5) is 0. The van der Waals surface area contributed by atoms with E-state index in [2.05, 4.69) is 18.3 Å². The predicted molar refractivity (Wildman–Crippen MR) is 70.8 cm³/mol. The van der Waals surface area contributed by atoms with E-state index in [1.807, 2.05) is 24.3 Å². The second-order valence-corrected chi connectivity index (χ2v) is 4.97. The van der Waals surface area contributed by atoms with Gasteiger partial charge in [-0.05, 0) is 42.5 Å². The molecule has 2 unspecified atom stereocenters. The van der Waals surface area contributed by atoms with Gasteiger partial charge in [0, 0.05) is 12.2 Å². The Morgan fingerprint density at radius 2 is 2.06 bits per heavy atom. The van der Waals surface area contributed by atoms with E-state index < -0.39 is 0 Å². The van der Waals surface area contributed by atoms with E-state index in [0.29, 0.717) is 0 Å². The number of nitrogens with zero attached hydrogens (tertiary/aromatic N) is 1. The molecule has 1 aromatic carbocycles. The zero-order valence-electron chi connectivity index (χ0n) is 10.4. The monoisotopic (exact) mass is 228 g/mol. The molecule has 0 spiro atoms. The Kier molecular flexibility index (Phi) is 4.03. The molecule has 0 amide bonds. The lowest BCUT2D eigenvalue weighted by molar-refractivity contribution is 0.612. The van der Waals surface area contributed by atoms with Crippen molar-refractivity contribution in [1.82, 2.24) is 0 Å². The molecule has 0 bridgehead atoms. The summed E-state index contributed by atoms with van der Waals surface area (Å²) >= 11 is 0. The summed E-state index contributed by atoms with van der Waals surface area (Å²) in [5.41, 5.74) is 1.85. The molecule has 0 aliphatic heterocycles. The number of rotatable bonds is 6. The van der Waals surface area contributed by atoms with Crippen LogP contribution in [0.4, 0.5) is 5.69 Å². The van der Waals surface area contributed by atoms with E-state index in [9.17, 15) is 0 Å². The number of nitrogens with one attached hydrogen (secondary N) is 1. The maximum absolute atomic E-state index is 8.70. The highest BCUT2D eigenvalue weighted by Gasteiger charge is 2.35. The highest BCUT2D eigenvalue weighted by atomic mass is 14.9. The van der Waals surface area contributed by atoms with E-state index in [-0.39, 0.29) is 0 Å². The van der Waals surface area contributed by atoms with Crippen LogP contribution in [0.3, 0.4) is 0 Å². The molecule has 90 valence electrons. The first kappa shape index (κ1) is 12.0. The lowest BCUT2D eigenvalue weighted by atomic mass is 10.1. The van der Waals surface area contributed by atoms with Crippen molar-refractivity contribution in [3.8, 4) is 6.07 Å². The fourth-order valence-electron chi connectivity index (χ4n) is 2.29. The molecular formula is C15H20N2. The van der Waals surface area contributed by atoms with Crippen LogP contribution in [-0.4, -0.2) is 6.54 Å². The Morgan fingerprint density at radius 1 is 1.29 bits per heavy atom. The molecule has 2 heteroatoms. The maximum atomic E-state index is 8.70. The molecule has 0 saturated heterocycles. The molecule has 1 saturated carbocycles. The van der Waals surface area contributed by atoms with Gasteiger partial charge in [0.05, 0.1) is 11.6 Å². The lowest BCUT2D eigenvalue weighted by Gasteiger charge is -2.05. The van der Waals surface area contributed by atoms with Gasteiger partial charge in [0.25, 0.3) is 0 Å². The van der Waals surface area contributed by atoms with Gasteiger partial charge in [-0.3, -0.25) is 0 Å². The highest BCUT2D eigenvalue weighted by molar-refractivity contribution is 5.47. The number of hydrogen-bond donors (Lipinski definition) is 1. The summed E-state index contributed by atoms with van der Waals surface area (Å²) in [6, 6.07) is 9.84. The average Bonchev–Trinajstić information content (AvgIpc) is 3.13. The molecule has 0 radical (unpaired) electrons. The predicted octanol–water partition coefficient (Wildman–Crippen LogP) is 3.80. The zero-order chi connectivity index (χ0) is 12.1. The van der Waals surface area contributed by atoms with Crippen molar-refractivity contribution >= 4 is 5.69 Å². The third kappa shape index (κ3) is 3.49. The summed E-state index contributed by atoms with van der Waals surface area (Å²) < 4.78 is 0. The molecule has 2 nitrogen and oxygen atoms in total. The molecule has 1 aliphatic carbocycles. The first-order chi connectivity index (χ1) is 8.33. The Morgan fingerprint density at radius 3 is 2.71 bits per heavy atom. The third-order valence-electron chi connectivity index (χ3n) is 3.58. The summed E-state index contributed by atoms with van der Waals surface area (Å²) in [6.45, 7) is 3.34. The van der Waals surface area contributed by atoms with Gasteiger partial charge in [-0.25, -0.2) is 0 Å². The minimum absolute atomic E-state index is 0.725. The molecule has 0 aromatic heterocycles. The van der Waals surface area contributed by atoms with Gasteiger partial charge in [-0.2, -0.15) is 5.26 Å². The second kappa shape index (κ2) is 5.72. The fraction of sp³-hybridized carbons (Fsp3) is 0.533. The summed E-state index contributed by atoms with van der Waals surface area (Å²) in [5.74, 6) is 1.83. The fourth-order valence-corrected chi connectivity index (χ4v) is 2.29. The maximum Gasteiger partial charge on any atom is 0.0991 e. The van der Waals surface area contributed by atoms with Crippen LogP contribution in [0.1, 0.15) is 38.2 Å². The quantitative estimate of drug-likeness (QED) is 0.804. The van der Waals surface area contributed by atoms with Gasteiger partial charge in [0.15, 0.2) is 0 Å². The van der Waals surface area contributed by atoms with Crippen LogP contribution in [-0.2, 0) is 0 Å². The van der Waals surface area contributed by atoms with Crippen LogP contribution in [0.25, 0.3) is 0 Å². The van der Waals surface area contributed by atoms with Crippen molar-refractivity contribution < 1.29 is 0 Å². The highest BCUT2D eigenvalue weighted by Crippen LogP contribution is 2.42. The van der Waals surface area contributed by atoms with Gasteiger partial charge in [0.1, 0.15) is 0 Å². The van der Waals surface area contributed by atoms with Gasteiger partial charge in [0.2, 0.25) is 0 Å². The van der Waals surface area contributed by atoms with Gasteiger partial charge < -0.3 is 5.32 Å². The molecule has 1 N–H and O–H groups in total. The van der Waals surface area contributed by atoms with E-state index in [0.717, 1.165) is 29.6 Å². The number of unbranched alkanes of at least 4 members (excludes halogenated alkanes) is 1. The SMILES string of the molecule is CCCCC1CC1CNc1ccc(C#N)cc1. The standard InChI is InChI=1S/C15H20N2/c1-2-3-4-13-9-14(13)11-17-15-7-5-12(10-16)6-8-15/h5-8,13-14,17H,2-4,9,11H2,1H3. The minimum atomic E-state index is 0.725. The van der Waals surface area contributed by atoms with E-state index >= 15 is 0 Å². The van der Waals surface area contributed by atoms with E-state index in [4.69, 9.17) is 5.26 Å². The van der Waals surface area contributed by atoms with Crippen molar-refractivity contribution in [3.63, 3.8) is 0 Å². The zero-order valence-corrected chi connectivity index (χ0v) is 10.4. The van der Waals surface area contributed by atoms with Crippen LogP contribution in [0.15, 0.2) is 24.3 Å². The summed E-state index contributed by atoms with van der Waals surface area (Å²) in [6.07, 6.45) is 5.48. The van der Waals surface area contributed by atoms with Gasteiger partial charge >= 0.3 is 0 Å². The smallest absolute Gasteiger partial charge is 0.0991 e. The number of nitriles is 1. The third-order valence-corrected chi connectivity index (χ3v) is 3.58. The second-order valence-electron chi connectivity index (χ2n) is 4.97. The van der Waals surface area contributed by atoms with E-state index in [1.165, 1.54) is 25.7 Å². The van der Waals surface area contributed by atoms with Gasteiger partial charge in [-0.1, -0.05) is 26.2 Å². The molecule has 1 fully saturated rings. The topological polar surface area (TPSA) is 35.8 Å². The number of hydrogen-bond acceptors (Lipinski definition) is 2. The van der Waals surface area contributed by atoms with Crippen molar-refractivity contribution in [2.45, 2.75) is 32.6 Å². The van der Waals surface area contributed by atoms with Crippen LogP contribution < -0.4 is 5.32 Å². The molecule has 1 aliphatic rings. The van der Waals surface area contributed by atoms with Crippen molar-refractivity contribution in [3.05, 3.63) is 29.8 Å². The van der Waals surface area contributed by atoms with Gasteiger partial charge in [-0.15, -0.1) is 0 Å². The molecule has 2 atom stereocenters. The van der Waals surface area contributed by atoms with Crippen molar-refractivity contribution in [2.24, 2.45) is 11.8 Å². The van der Waals surface area contributed by atoms with Crippen LogP contribution in [0.5, 0.6) is 0 Å². The molecule has 0 heterocycles.